The number of ether oxygens (including phenoxy) is 4. The van der Waals surface area contributed by atoms with Crippen molar-refractivity contribution in [1.82, 2.24) is 5.32 Å². The van der Waals surface area contributed by atoms with Crippen molar-refractivity contribution < 1.29 is 18.9 Å². The number of fused-ring (bicyclic) bond motifs is 1. The smallest absolute Gasteiger partial charge is 0.195 e. The number of anilines is 1. The third-order valence-electron chi connectivity index (χ3n) is 4.22. The third kappa shape index (κ3) is 5.00. The van der Waals surface area contributed by atoms with Gasteiger partial charge in [0.2, 0.25) is 0 Å². The summed E-state index contributed by atoms with van der Waals surface area (Å²) in [6, 6.07) is 11.7. The molecule has 0 aliphatic carbocycles. The lowest BCUT2D eigenvalue weighted by molar-refractivity contribution is 0.297. The summed E-state index contributed by atoms with van der Waals surface area (Å²) >= 11 is 0. The molecule has 0 radical (unpaired) electrons. The molecule has 1 aliphatic heterocycles. The predicted molar refractivity (Wildman–Crippen MR) is 110 cm³/mol. The van der Waals surface area contributed by atoms with Crippen molar-refractivity contribution in [2.24, 2.45) is 4.99 Å². The topological polar surface area (TPSA) is 73.3 Å². The molecule has 0 atom stereocenters. The molecule has 150 valence electrons. The Labute approximate surface area is 165 Å². The van der Waals surface area contributed by atoms with E-state index >= 15 is 0 Å². The minimum atomic E-state index is 0.590. The average molecular weight is 385 g/mol. The van der Waals surface area contributed by atoms with Gasteiger partial charge < -0.3 is 29.6 Å². The number of hydrogen-bond acceptors (Lipinski definition) is 5. The van der Waals surface area contributed by atoms with E-state index in [0.29, 0.717) is 38.1 Å². The van der Waals surface area contributed by atoms with E-state index in [-0.39, 0.29) is 0 Å². The molecule has 3 rings (SSSR count). The van der Waals surface area contributed by atoms with E-state index in [1.807, 2.05) is 43.3 Å². The van der Waals surface area contributed by atoms with Gasteiger partial charge in [-0.3, -0.25) is 4.99 Å². The first-order valence-corrected chi connectivity index (χ1v) is 9.40. The van der Waals surface area contributed by atoms with Crippen molar-refractivity contribution in [3.8, 4) is 23.0 Å². The van der Waals surface area contributed by atoms with Crippen LogP contribution in [0.15, 0.2) is 41.4 Å². The molecule has 0 aromatic heterocycles. The van der Waals surface area contributed by atoms with Gasteiger partial charge in [0.05, 0.1) is 26.9 Å². The molecule has 2 aromatic rings. The molecule has 28 heavy (non-hydrogen) atoms. The first-order valence-electron chi connectivity index (χ1n) is 9.40. The Kier molecular flexibility index (Phi) is 6.84. The maximum atomic E-state index is 5.74. The van der Waals surface area contributed by atoms with E-state index in [9.17, 15) is 0 Å². The van der Waals surface area contributed by atoms with Crippen LogP contribution in [-0.2, 0) is 6.54 Å². The fraction of sp³-hybridized carbons (Fsp3) is 0.381. The Morgan fingerprint density at radius 3 is 2.64 bits per heavy atom. The van der Waals surface area contributed by atoms with Crippen LogP contribution in [0.5, 0.6) is 23.0 Å². The Hall–Kier alpha value is -3.09. The standard InChI is InChI=1S/C21H27N3O4/c1-4-26-17-8-6-15(12-19(17)25-3)14-23-21(22-2)24-16-7-9-18-20(13-16)28-11-5-10-27-18/h6-9,12-13H,4-5,10-11,14H2,1-3H3,(H2,22,23,24). The quantitative estimate of drug-likeness (QED) is 0.586. The first kappa shape index (κ1) is 19.7. The van der Waals surface area contributed by atoms with E-state index in [2.05, 4.69) is 15.6 Å². The van der Waals surface area contributed by atoms with Gasteiger partial charge >= 0.3 is 0 Å². The molecule has 1 heterocycles. The summed E-state index contributed by atoms with van der Waals surface area (Å²) in [5, 5.41) is 6.58. The maximum Gasteiger partial charge on any atom is 0.195 e. The molecule has 0 bridgehead atoms. The Balaban J connectivity index is 1.63. The van der Waals surface area contributed by atoms with Crippen molar-refractivity contribution in [2.75, 3.05) is 39.3 Å². The number of nitrogens with zero attached hydrogens (tertiary/aromatic N) is 1. The summed E-state index contributed by atoms with van der Waals surface area (Å²) in [7, 11) is 3.37. The average Bonchev–Trinajstić information content (AvgIpc) is 2.97. The lowest BCUT2D eigenvalue weighted by Gasteiger charge is -2.15. The lowest BCUT2D eigenvalue weighted by Crippen LogP contribution is -2.30. The van der Waals surface area contributed by atoms with Crippen LogP contribution < -0.4 is 29.6 Å². The molecule has 2 N–H and O–H groups in total. The van der Waals surface area contributed by atoms with Crippen LogP contribution in [-0.4, -0.2) is 39.9 Å². The molecule has 7 nitrogen and oxygen atoms in total. The summed E-state index contributed by atoms with van der Waals surface area (Å²) in [6.45, 7) is 4.47. The van der Waals surface area contributed by atoms with Crippen LogP contribution in [0.2, 0.25) is 0 Å². The van der Waals surface area contributed by atoms with Gasteiger partial charge in [0.1, 0.15) is 0 Å². The van der Waals surface area contributed by atoms with Crippen LogP contribution in [0.25, 0.3) is 0 Å². The van der Waals surface area contributed by atoms with Crippen molar-refractivity contribution >= 4 is 11.6 Å². The molecule has 0 saturated heterocycles. The second-order valence-electron chi connectivity index (χ2n) is 6.18. The largest absolute Gasteiger partial charge is 0.493 e. The number of benzene rings is 2. The van der Waals surface area contributed by atoms with E-state index in [4.69, 9.17) is 18.9 Å². The number of rotatable bonds is 6. The van der Waals surface area contributed by atoms with Crippen molar-refractivity contribution in [2.45, 2.75) is 19.9 Å². The molecule has 1 aliphatic rings. The third-order valence-corrected chi connectivity index (χ3v) is 4.22. The van der Waals surface area contributed by atoms with Crippen molar-refractivity contribution in [1.29, 1.82) is 0 Å². The van der Waals surface area contributed by atoms with Gasteiger partial charge in [-0.2, -0.15) is 0 Å². The van der Waals surface area contributed by atoms with E-state index in [0.717, 1.165) is 34.9 Å². The Morgan fingerprint density at radius 1 is 1.07 bits per heavy atom. The highest BCUT2D eigenvalue weighted by atomic mass is 16.5. The zero-order valence-corrected chi connectivity index (χ0v) is 16.6. The van der Waals surface area contributed by atoms with Gasteiger partial charge in [0.25, 0.3) is 0 Å². The second kappa shape index (κ2) is 9.73. The van der Waals surface area contributed by atoms with Gasteiger partial charge in [-0.05, 0) is 36.8 Å². The SMILES string of the molecule is CCOc1ccc(CNC(=NC)Nc2ccc3c(c2)OCCCO3)cc1OC. The predicted octanol–water partition coefficient (Wildman–Crippen LogP) is 3.44. The number of methoxy groups -OCH3 is 1. The highest BCUT2D eigenvalue weighted by Crippen LogP contribution is 2.32. The number of hydrogen-bond donors (Lipinski definition) is 2. The summed E-state index contributed by atoms with van der Waals surface area (Å²) in [5.74, 6) is 3.62. The van der Waals surface area contributed by atoms with Crippen molar-refractivity contribution in [3.05, 3.63) is 42.0 Å². The van der Waals surface area contributed by atoms with Gasteiger partial charge in [-0.25, -0.2) is 0 Å². The van der Waals surface area contributed by atoms with Crippen LogP contribution in [0, 0.1) is 0 Å². The molecule has 0 amide bonds. The highest BCUT2D eigenvalue weighted by Gasteiger charge is 2.11. The number of nitrogens with one attached hydrogen (secondary N) is 2. The Morgan fingerprint density at radius 2 is 1.89 bits per heavy atom. The van der Waals surface area contributed by atoms with Crippen LogP contribution in [0.4, 0.5) is 5.69 Å². The zero-order valence-electron chi connectivity index (χ0n) is 16.6. The van der Waals surface area contributed by atoms with Gasteiger partial charge in [0, 0.05) is 31.8 Å². The normalized spacial score (nSPS) is 13.5. The van der Waals surface area contributed by atoms with E-state index in [1.54, 1.807) is 14.2 Å². The summed E-state index contributed by atoms with van der Waals surface area (Å²) in [4.78, 5) is 4.28. The highest BCUT2D eigenvalue weighted by molar-refractivity contribution is 5.93. The van der Waals surface area contributed by atoms with Crippen molar-refractivity contribution in [3.63, 3.8) is 0 Å². The molecule has 0 unspecified atom stereocenters. The molecule has 2 aromatic carbocycles. The van der Waals surface area contributed by atoms with E-state index in [1.165, 1.54) is 0 Å². The fourth-order valence-corrected chi connectivity index (χ4v) is 2.84. The molecule has 0 spiro atoms. The molecule has 7 heteroatoms. The number of aliphatic imine (C=N–C) groups is 1. The molecule has 0 fully saturated rings. The number of guanidine groups is 1. The molecular weight excluding hydrogens is 358 g/mol. The van der Waals surface area contributed by atoms with Gasteiger partial charge in [-0.1, -0.05) is 6.07 Å². The fourth-order valence-electron chi connectivity index (χ4n) is 2.84. The van der Waals surface area contributed by atoms with Crippen LogP contribution in [0.1, 0.15) is 18.9 Å². The Bertz CT molecular complexity index is 823. The lowest BCUT2D eigenvalue weighted by atomic mass is 10.2. The van der Waals surface area contributed by atoms with E-state index < -0.39 is 0 Å². The first-order chi connectivity index (χ1) is 13.7. The second-order valence-corrected chi connectivity index (χ2v) is 6.18. The minimum Gasteiger partial charge on any atom is -0.493 e. The summed E-state index contributed by atoms with van der Waals surface area (Å²) in [6.07, 6.45) is 0.881. The van der Waals surface area contributed by atoms with Crippen LogP contribution >= 0.6 is 0 Å². The molecular formula is C21H27N3O4. The zero-order chi connectivity index (χ0) is 19.8. The van der Waals surface area contributed by atoms with Gasteiger partial charge in [0.15, 0.2) is 29.0 Å². The van der Waals surface area contributed by atoms with Gasteiger partial charge in [-0.15, -0.1) is 0 Å². The monoisotopic (exact) mass is 385 g/mol. The minimum absolute atomic E-state index is 0.590. The molecule has 0 saturated carbocycles. The maximum absolute atomic E-state index is 5.74. The van der Waals surface area contributed by atoms with Crippen LogP contribution in [0.3, 0.4) is 0 Å². The summed E-state index contributed by atoms with van der Waals surface area (Å²) < 4.78 is 22.4. The summed E-state index contributed by atoms with van der Waals surface area (Å²) in [5.41, 5.74) is 1.93.